The third-order valence-corrected chi connectivity index (χ3v) is 3.99. The van der Waals surface area contributed by atoms with Crippen molar-refractivity contribution in [2.45, 2.75) is 6.42 Å². The first-order chi connectivity index (χ1) is 10.5. The van der Waals surface area contributed by atoms with Crippen LogP contribution in [-0.4, -0.2) is 45.2 Å². The van der Waals surface area contributed by atoms with Gasteiger partial charge in [0, 0.05) is 23.7 Å². The summed E-state index contributed by atoms with van der Waals surface area (Å²) >= 11 is 5.94. The SMILES string of the molecule is O=C(O)C1CCN(C(=O)c2cc(-c3cccc(Cl)c3)n[nH]2)C1. The Morgan fingerprint density at radius 2 is 2.18 bits per heavy atom. The second kappa shape index (κ2) is 5.81. The fraction of sp³-hybridized carbons (Fsp3) is 0.267. The summed E-state index contributed by atoms with van der Waals surface area (Å²) in [6, 6.07) is 8.85. The van der Waals surface area contributed by atoms with Gasteiger partial charge in [0.15, 0.2) is 0 Å². The number of carbonyl (C=O) groups is 2. The van der Waals surface area contributed by atoms with Crippen molar-refractivity contribution in [1.82, 2.24) is 15.1 Å². The summed E-state index contributed by atoms with van der Waals surface area (Å²) in [5, 5.41) is 16.4. The molecule has 1 atom stereocenters. The van der Waals surface area contributed by atoms with Gasteiger partial charge in [0.1, 0.15) is 5.69 Å². The van der Waals surface area contributed by atoms with Gasteiger partial charge >= 0.3 is 5.97 Å². The number of benzene rings is 1. The first kappa shape index (κ1) is 14.6. The third kappa shape index (κ3) is 2.82. The number of hydrogen-bond donors (Lipinski definition) is 2. The molecule has 7 heteroatoms. The molecular formula is C15H14ClN3O3. The average molecular weight is 320 g/mol. The standard InChI is InChI=1S/C15H14ClN3O3/c16-11-3-1-2-9(6-11)12-7-13(18-17-12)14(20)19-5-4-10(8-19)15(21)22/h1-3,6-7,10H,4-5,8H2,(H,17,18)(H,21,22). The van der Waals surface area contributed by atoms with Gasteiger partial charge in [-0.2, -0.15) is 5.10 Å². The molecule has 1 aliphatic heterocycles. The van der Waals surface area contributed by atoms with Crippen LogP contribution in [0.1, 0.15) is 16.9 Å². The predicted molar refractivity (Wildman–Crippen MR) is 80.7 cm³/mol. The summed E-state index contributed by atoms with van der Waals surface area (Å²) in [7, 11) is 0. The lowest BCUT2D eigenvalue weighted by Gasteiger charge is -2.13. The summed E-state index contributed by atoms with van der Waals surface area (Å²) in [6.45, 7) is 0.682. The van der Waals surface area contributed by atoms with Crippen molar-refractivity contribution in [3.05, 3.63) is 41.0 Å². The van der Waals surface area contributed by atoms with E-state index in [2.05, 4.69) is 10.2 Å². The first-order valence-corrected chi connectivity index (χ1v) is 7.26. The van der Waals surface area contributed by atoms with Gasteiger partial charge in [-0.25, -0.2) is 0 Å². The number of aromatic amines is 1. The molecule has 6 nitrogen and oxygen atoms in total. The molecule has 3 rings (SSSR count). The van der Waals surface area contributed by atoms with E-state index in [1.54, 1.807) is 18.2 Å². The maximum atomic E-state index is 12.4. The highest BCUT2D eigenvalue weighted by Gasteiger charge is 2.31. The predicted octanol–water partition coefficient (Wildman–Crippen LogP) is 2.28. The van der Waals surface area contributed by atoms with E-state index in [0.717, 1.165) is 5.56 Å². The molecule has 0 spiro atoms. The highest BCUT2D eigenvalue weighted by atomic mass is 35.5. The average Bonchev–Trinajstić information content (AvgIpc) is 3.16. The van der Waals surface area contributed by atoms with Crippen LogP contribution < -0.4 is 0 Å². The molecule has 0 bridgehead atoms. The minimum atomic E-state index is -0.862. The molecule has 1 saturated heterocycles. The van der Waals surface area contributed by atoms with Crippen molar-refractivity contribution < 1.29 is 14.7 Å². The molecule has 2 heterocycles. The minimum Gasteiger partial charge on any atom is -0.481 e. The van der Waals surface area contributed by atoms with Crippen molar-refractivity contribution in [3.63, 3.8) is 0 Å². The molecule has 114 valence electrons. The van der Waals surface area contributed by atoms with Crippen LogP contribution >= 0.6 is 11.6 Å². The van der Waals surface area contributed by atoms with E-state index in [1.165, 1.54) is 4.90 Å². The molecule has 0 aliphatic carbocycles. The van der Waals surface area contributed by atoms with Crippen LogP contribution in [0.15, 0.2) is 30.3 Å². The molecule has 1 aromatic heterocycles. The summed E-state index contributed by atoms with van der Waals surface area (Å²) in [5.41, 5.74) is 1.79. The molecule has 2 aromatic rings. The first-order valence-electron chi connectivity index (χ1n) is 6.88. The maximum absolute atomic E-state index is 12.4. The Hall–Kier alpha value is -2.34. The molecule has 1 aromatic carbocycles. The van der Waals surface area contributed by atoms with E-state index >= 15 is 0 Å². The molecule has 1 aliphatic rings. The molecule has 0 saturated carbocycles. The van der Waals surface area contributed by atoms with Gasteiger partial charge in [0.25, 0.3) is 5.91 Å². The molecule has 1 fully saturated rings. The fourth-order valence-electron chi connectivity index (χ4n) is 2.54. The number of aromatic nitrogens is 2. The van der Waals surface area contributed by atoms with E-state index in [0.29, 0.717) is 29.4 Å². The topological polar surface area (TPSA) is 86.3 Å². The van der Waals surface area contributed by atoms with Gasteiger partial charge in [-0.1, -0.05) is 23.7 Å². The zero-order valence-corrected chi connectivity index (χ0v) is 12.4. The molecule has 0 radical (unpaired) electrons. The molecule has 2 N–H and O–H groups in total. The zero-order chi connectivity index (χ0) is 15.7. The van der Waals surface area contributed by atoms with Crippen molar-refractivity contribution in [2.75, 3.05) is 13.1 Å². The Kier molecular flexibility index (Phi) is 3.85. The number of nitrogens with zero attached hydrogens (tertiary/aromatic N) is 2. The second-order valence-electron chi connectivity index (χ2n) is 5.25. The maximum Gasteiger partial charge on any atom is 0.308 e. The lowest BCUT2D eigenvalue weighted by molar-refractivity contribution is -0.141. The number of H-pyrrole nitrogens is 1. The van der Waals surface area contributed by atoms with Crippen LogP contribution in [0.4, 0.5) is 0 Å². The zero-order valence-electron chi connectivity index (χ0n) is 11.6. The van der Waals surface area contributed by atoms with Crippen molar-refractivity contribution in [3.8, 4) is 11.3 Å². The number of carboxylic acids is 1. The van der Waals surface area contributed by atoms with Crippen molar-refractivity contribution >= 4 is 23.5 Å². The van der Waals surface area contributed by atoms with Gasteiger partial charge in [0.2, 0.25) is 0 Å². The van der Waals surface area contributed by atoms with E-state index in [1.807, 2.05) is 12.1 Å². The number of aliphatic carboxylic acids is 1. The molecule has 1 unspecified atom stereocenters. The second-order valence-corrected chi connectivity index (χ2v) is 5.69. The van der Waals surface area contributed by atoms with Crippen LogP contribution in [0.25, 0.3) is 11.3 Å². The van der Waals surface area contributed by atoms with Gasteiger partial charge in [-0.15, -0.1) is 0 Å². The number of hydrogen-bond acceptors (Lipinski definition) is 3. The molecular weight excluding hydrogens is 306 g/mol. The fourth-order valence-corrected chi connectivity index (χ4v) is 2.73. The molecule has 1 amide bonds. The van der Waals surface area contributed by atoms with Gasteiger partial charge in [-0.05, 0) is 24.6 Å². The Labute approximate surface area is 131 Å². The van der Waals surface area contributed by atoms with E-state index in [9.17, 15) is 9.59 Å². The monoisotopic (exact) mass is 319 g/mol. The Bertz CT molecular complexity index is 728. The number of rotatable bonds is 3. The summed E-state index contributed by atoms with van der Waals surface area (Å²) in [5.74, 6) is -1.58. The van der Waals surface area contributed by atoms with Gasteiger partial charge in [-0.3, -0.25) is 14.7 Å². The lowest BCUT2D eigenvalue weighted by Crippen LogP contribution is -2.30. The quantitative estimate of drug-likeness (QED) is 0.908. The Balaban J connectivity index is 1.77. The van der Waals surface area contributed by atoms with E-state index in [-0.39, 0.29) is 12.5 Å². The van der Waals surface area contributed by atoms with Crippen LogP contribution in [0.2, 0.25) is 5.02 Å². The van der Waals surface area contributed by atoms with Crippen molar-refractivity contribution in [1.29, 1.82) is 0 Å². The van der Waals surface area contributed by atoms with Crippen LogP contribution in [0.5, 0.6) is 0 Å². The summed E-state index contributed by atoms with van der Waals surface area (Å²) in [4.78, 5) is 24.9. The normalized spacial score (nSPS) is 17.7. The van der Waals surface area contributed by atoms with Crippen LogP contribution in [-0.2, 0) is 4.79 Å². The number of halogens is 1. The number of carboxylic acid groups (broad SMARTS) is 1. The highest BCUT2D eigenvalue weighted by Crippen LogP contribution is 2.23. The van der Waals surface area contributed by atoms with E-state index in [4.69, 9.17) is 16.7 Å². The summed E-state index contributed by atoms with van der Waals surface area (Å²) < 4.78 is 0. The minimum absolute atomic E-state index is 0.232. The van der Waals surface area contributed by atoms with Crippen LogP contribution in [0.3, 0.4) is 0 Å². The number of nitrogens with one attached hydrogen (secondary N) is 1. The lowest BCUT2D eigenvalue weighted by atomic mass is 10.1. The highest BCUT2D eigenvalue weighted by molar-refractivity contribution is 6.30. The Morgan fingerprint density at radius 3 is 2.86 bits per heavy atom. The van der Waals surface area contributed by atoms with E-state index < -0.39 is 11.9 Å². The van der Waals surface area contributed by atoms with Gasteiger partial charge < -0.3 is 10.0 Å². The summed E-state index contributed by atoms with van der Waals surface area (Å²) in [6.07, 6.45) is 0.483. The largest absolute Gasteiger partial charge is 0.481 e. The van der Waals surface area contributed by atoms with Crippen LogP contribution in [0, 0.1) is 5.92 Å². The third-order valence-electron chi connectivity index (χ3n) is 3.75. The molecule has 22 heavy (non-hydrogen) atoms. The van der Waals surface area contributed by atoms with Crippen molar-refractivity contribution in [2.24, 2.45) is 5.92 Å². The Morgan fingerprint density at radius 1 is 1.36 bits per heavy atom. The van der Waals surface area contributed by atoms with Gasteiger partial charge in [0.05, 0.1) is 11.6 Å². The number of likely N-dealkylation sites (tertiary alicyclic amines) is 1. The number of amides is 1. The smallest absolute Gasteiger partial charge is 0.308 e. The number of carbonyl (C=O) groups excluding carboxylic acids is 1.